The van der Waals surface area contributed by atoms with E-state index in [2.05, 4.69) is 32.2 Å². The van der Waals surface area contributed by atoms with Crippen LogP contribution in [0, 0.1) is 0 Å². The first-order valence-corrected chi connectivity index (χ1v) is 12.1. The number of morpholine rings is 1. The van der Waals surface area contributed by atoms with Gasteiger partial charge < -0.3 is 14.5 Å². The van der Waals surface area contributed by atoms with Crippen LogP contribution >= 0.6 is 23.2 Å². The fourth-order valence-corrected chi connectivity index (χ4v) is 4.22. The number of aromatic nitrogens is 1. The minimum Gasteiger partial charge on any atom is -0.447 e. The minimum absolute atomic E-state index is 0.240. The van der Waals surface area contributed by atoms with Gasteiger partial charge in [-0.2, -0.15) is 0 Å². The van der Waals surface area contributed by atoms with E-state index in [1.807, 2.05) is 30.3 Å². The molecule has 1 saturated heterocycles. The quantitative estimate of drug-likeness (QED) is 0.446. The van der Waals surface area contributed by atoms with Crippen molar-refractivity contribution in [2.45, 2.75) is 19.6 Å². The molecule has 1 aromatic heterocycles. The molecule has 9 heteroatoms. The van der Waals surface area contributed by atoms with Crippen LogP contribution in [0.3, 0.4) is 0 Å². The molecule has 1 fully saturated rings. The van der Waals surface area contributed by atoms with Crippen molar-refractivity contribution >= 4 is 29.1 Å². The molecule has 1 N–H and O–H groups in total. The fourth-order valence-electron chi connectivity index (χ4n) is 3.84. The molecule has 0 spiro atoms. The summed E-state index contributed by atoms with van der Waals surface area (Å²) in [6.07, 6.45) is 1.41. The third kappa shape index (κ3) is 7.04. The first-order valence-electron chi connectivity index (χ1n) is 11.3. The van der Waals surface area contributed by atoms with Gasteiger partial charge in [-0.15, -0.1) is 0 Å². The van der Waals surface area contributed by atoms with Gasteiger partial charge in [-0.1, -0.05) is 65.7 Å². The Hall–Kier alpha value is -2.42. The number of ether oxygens (including phenoxy) is 1. The molecule has 2 aromatic carbocycles. The highest BCUT2D eigenvalue weighted by Crippen LogP contribution is 2.27. The fraction of sp³-hybridized carbons (Fsp3) is 0.360. The molecule has 4 rings (SSSR count). The van der Waals surface area contributed by atoms with Crippen LogP contribution in [-0.4, -0.2) is 60.1 Å². The molecule has 0 bridgehead atoms. The summed E-state index contributed by atoms with van der Waals surface area (Å²) in [5.74, 6) is 0.225. The zero-order chi connectivity index (χ0) is 23.8. The lowest BCUT2D eigenvalue weighted by Gasteiger charge is -2.26. The topological polar surface area (TPSA) is 70.8 Å². The Balaban J connectivity index is 1.38. The lowest BCUT2D eigenvalue weighted by molar-refractivity contribution is 0.0383. The molecule has 3 aromatic rings. The smallest absolute Gasteiger partial charge is 0.273 e. The van der Waals surface area contributed by atoms with Crippen LogP contribution in [0.25, 0.3) is 0 Å². The number of hydrogen-bond donors (Lipinski definition) is 1. The maximum atomic E-state index is 12.5. The number of carbonyl (C=O) groups excluding carboxylic acids is 1. The summed E-state index contributed by atoms with van der Waals surface area (Å²) in [6, 6.07) is 15.7. The second kappa shape index (κ2) is 12.3. The third-order valence-corrected chi connectivity index (χ3v) is 6.49. The molecule has 0 unspecified atom stereocenters. The van der Waals surface area contributed by atoms with E-state index in [-0.39, 0.29) is 11.6 Å². The molecule has 1 aliphatic rings. The molecule has 0 aliphatic carbocycles. The van der Waals surface area contributed by atoms with E-state index in [1.165, 1.54) is 6.26 Å². The number of amides is 1. The molecule has 7 nitrogen and oxygen atoms in total. The predicted molar refractivity (Wildman–Crippen MR) is 132 cm³/mol. The summed E-state index contributed by atoms with van der Waals surface area (Å²) in [6.45, 7) is 6.21. The van der Waals surface area contributed by atoms with E-state index in [1.54, 1.807) is 6.07 Å². The van der Waals surface area contributed by atoms with Crippen LogP contribution in [0.2, 0.25) is 10.0 Å². The highest BCUT2D eigenvalue weighted by Gasteiger charge is 2.18. The number of oxazole rings is 1. The highest BCUT2D eigenvalue weighted by atomic mass is 35.5. The average Bonchev–Trinajstić information content (AvgIpc) is 3.32. The van der Waals surface area contributed by atoms with Crippen molar-refractivity contribution in [1.29, 1.82) is 0 Å². The van der Waals surface area contributed by atoms with Crippen molar-refractivity contribution in [3.05, 3.63) is 87.6 Å². The third-order valence-electron chi connectivity index (χ3n) is 5.64. The van der Waals surface area contributed by atoms with Crippen LogP contribution in [0.5, 0.6) is 0 Å². The summed E-state index contributed by atoms with van der Waals surface area (Å²) in [5, 5.41) is 3.97. The van der Waals surface area contributed by atoms with Gasteiger partial charge in [0.15, 0.2) is 5.69 Å². The van der Waals surface area contributed by atoms with E-state index in [0.717, 1.165) is 44.0 Å². The van der Waals surface area contributed by atoms with Gasteiger partial charge in [-0.05, 0) is 17.2 Å². The molecular weight excluding hydrogens is 475 g/mol. The number of nitrogens with zero attached hydrogens (tertiary/aromatic N) is 3. The molecular formula is C25H28Cl2N4O3. The molecule has 180 valence electrons. The normalized spacial score (nSPS) is 14.4. The first-order chi connectivity index (χ1) is 16.6. The molecule has 2 heterocycles. The molecule has 0 saturated carbocycles. The number of halogens is 2. The van der Waals surface area contributed by atoms with Crippen LogP contribution in [0.4, 0.5) is 0 Å². The summed E-state index contributed by atoms with van der Waals surface area (Å²) >= 11 is 12.6. The summed E-state index contributed by atoms with van der Waals surface area (Å²) in [5.41, 5.74) is 2.34. The summed E-state index contributed by atoms with van der Waals surface area (Å²) < 4.78 is 11.0. The Labute approximate surface area is 209 Å². The van der Waals surface area contributed by atoms with Gasteiger partial charge in [0.25, 0.3) is 5.91 Å². The van der Waals surface area contributed by atoms with Gasteiger partial charge >= 0.3 is 0 Å². The van der Waals surface area contributed by atoms with Crippen molar-refractivity contribution in [2.24, 2.45) is 0 Å². The highest BCUT2D eigenvalue weighted by molar-refractivity contribution is 6.42. The van der Waals surface area contributed by atoms with Crippen molar-refractivity contribution < 1.29 is 13.9 Å². The number of carbonyl (C=O) groups is 1. The number of hydrogen-bond acceptors (Lipinski definition) is 6. The minimum atomic E-state index is -0.240. The first kappa shape index (κ1) is 24.7. The van der Waals surface area contributed by atoms with Crippen molar-refractivity contribution in [3.63, 3.8) is 0 Å². The molecule has 0 atom stereocenters. The van der Waals surface area contributed by atoms with Crippen LogP contribution in [-0.2, 0) is 24.4 Å². The average molecular weight is 503 g/mol. The van der Waals surface area contributed by atoms with Crippen molar-refractivity contribution in [1.82, 2.24) is 20.1 Å². The van der Waals surface area contributed by atoms with Gasteiger partial charge in [0.05, 0.1) is 29.8 Å². The van der Waals surface area contributed by atoms with Crippen LogP contribution in [0.1, 0.15) is 27.5 Å². The zero-order valence-corrected chi connectivity index (χ0v) is 20.4. The number of benzene rings is 2. The molecule has 1 aliphatic heterocycles. The summed E-state index contributed by atoms with van der Waals surface area (Å²) in [4.78, 5) is 21.4. The zero-order valence-electron chi connectivity index (χ0n) is 18.9. The monoisotopic (exact) mass is 502 g/mol. The van der Waals surface area contributed by atoms with E-state index >= 15 is 0 Å². The lowest BCUT2D eigenvalue weighted by Crippen LogP contribution is -2.41. The van der Waals surface area contributed by atoms with Gasteiger partial charge in [0.2, 0.25) is 5.89 Å². The van der Waals surface area contributed by atoms with Gasteiger partial charge in [0.1, 0.15) is 6.26 Å². The standard InChI is InChI=1S/C25H28Cl2N4O3/c26-21-8-4-7-20(24(21)27)16-31(15-19-5-2-1-3-6-19)17-23-29-22(18-34-23)25(32)28-9-10-30-11-13-33-14-12-30/h1-8,18H,9-17H2,(H,28,32). The lowest BCUT2D eigenvalue weighted by atomic mass is 10.1. The second-order valence-electron chi connectivity index (χ2n) is 8.18. The van der Waals surface area contributed by atoms with Crippen molar-refractivity contribution in [2.75, 3.05) is 39.4 Å². The Morgan fingerprint density at radius 3 is 2.62 bits per heavy atom. The van der Waals surface area contributed by atoms with E-state index in [9.17, 15) is 4.79 Å². The largest absolute Gasteiger partial charge is 0.447 e. The Kier molecular flexibility index (Phi) is 8.96. The van der Waals surface area contributed by atoms with Gasteiger partial charge in [-0.3, -0.25) is 14.6 Å². The van der Waals surface area contributed by atoms with Crippen LogP contribution in [0.15, 0.2) is 59.2 Å². The molecule has 0 radical (unpaired) electrons. The predicted octanol–water partition coefficient (Wildman–Crippen LogP) is 4.25. The van der Waals surface area contributed by atoms with Gasteiger partial charge in [0, 0.05) is 39.3 Å². The molecule has 34 heavy (non-hydrogen) atoms. The maximum absolute atomic E-state index is 12.5. The van der Waals surface area contributed by atoms with E-state index in [4.69, 9.17) is 32.4 Å². The number of nitrogens with one attached hydrogen (secondary N) is 1. The Morgan fingerprint density at radius 1 is 1.03 bits per heavy atom. The Bertz CT molecular complexity index is 1070. The SMILES string of the molecule is O=C(NCCN1CCOCC1)c1coc(CN(Cc2ccccc2)Cc2cccc(Cl)c2Cl)n1. The maximum Gasteiger partial charge on any atom is 0.273 e. The second-order valence-corrected chi connectivity index (χ2v) is 8.97. The van der Waals surface area contributed by atoms with E-state index < -0.39 is 0 Å². The Morgan fingerprint density at radius 2 is 1.82 bits per heavy atom. The van der Waals surface area contributed by atoms with E-state index in [0.29, 0.717) is 42.1 Å². The van der Waals surface area contributed by atoms with Crippen LogP contribution < -0.4 is 5.32 Å². The van der Waals surface area contributed by atoms with Crippen molar-refractivity contribution in [3.8, 4) is 0 Å². The number of rotatable bonds is 10. The van der Waals surface area contributed by atoms with Gasteiger partial charge in [-0.25, -0.2) is 4.98 Å². The summed E-state index contributed by atoms with van der Waals surface area (Å²) in [7, 11) is 0. The molecule has 1 amide bonds.